The van der Waals surface area contributed by atoms with Gasteiger partial charge in [0.25, 0.3) is 0 Å². The Balaban J connectivity index is -0.000000403. The average Bonchev–Trinajstić information content (AvgIpc) is 1.86. The van der Waals surface area contributed by atoms with Crippen LogP contribution in [0.1, 0.15) is 12.8 Å². The van der Waals surface area contributed by atoms with Crippen molar-refractivity contribution in [3.05, 3.63) is 0 Å². The number of nitrogens with two attached hydrogens (primary N) is 1. The van der Waals surface area contributed by atoms with Gasteiger partial charge in [0.2, 0.25) is 0 Å². The number of hydrazine groups is 1. The van der Waals surface area contributed by atoms with Gasteiger partial charge in [0.15, 0.2) is 17.4 Å². The molecule has 82 valence electrons. The normalized spacial score (nSPS) is 18.9. The standard InChI is InChI=1S/C6H11F3N2.Al.ClH.Li.4H/c7-6(8,9)5-1-3-11(10)4-2-5;;;;;;;/h5H,1-4,10H2;;1H;;;;;. The summed E-state index contributed by atoms with van der Waals surface area (Å²) in [4.78, 5) is 0. The van der Waals surface area contributed by atoms with E-state index in [4.69, 9.17) is 5.84 Å². The van der Waals surface area contributed by atoms with Crippen LogP contribution in [0.3, 0.4) is 0 Å². The number of nitrogens with zero attached hydrogens (tertiary/aromatic N) is 1. The molecule has 2 nitrogen and oxygen atoms in total. The third-order valence-electron chi connectivity index (χ3n) is 1.99. The quantitative estimate of drug-likeness (QED) is 0.468. The Morgan fingerprint density at radius 3 is 1.79 bits per heavy atom. The Bertz CT molecular complexity index is 142. The first-order valence-corrected chi connectivity index (χ1v) is 3.56. The van der Waals surface area contributed by atoms with Crippen molar-refractivity contribution < 1.29 is 13.2 Å². The molecule has 1 aliphatic heterocycles. The van der Waals surface area contributed by atoms with E-state index in [0.29, 0.717) is 13.1 Å². The molecule has 0 amide bonds. The summed E-state index contributed by atoms with van der Waals surface area (Å²) in [5, 5.41) is 1.43. The van der Waals surface area contributed by atoms with E-state index in [1.165, 1.54) is 5.01 Å². The fraction of sp³-hybridized carbons (Fsp3) is 1.00. The van der Waals surface area contributed by atoms with Gasteiger partial charge in [-0.1, -0.05) is 0 Å². The summed E-state index contributed by atoms with van der Waals surface area (Å²) in [5.41, 5.74) is 0. The molecule has 8 heteroatoms. The predicted molar refractivity (Wildman–Crippen MR) is 58.9 cm³/mol. The number of hydrogen-bond acceptors (Lipinski definition) is 2. The van der Waals surface area contributed by atoms with Crippen LogP contribution < -0.4 is 5.84 Å². The molecule has 0 spiro atoms. The number of alkyl halides is 3. The SMILES string of the molecule is Cl.NN1CCC(C(F)(F)F)CC1.[AlH3].[LiH]. The zero-order valence-corrected chi connectivity index (χ0v) is 7.29. The molecule has 0 atom stereocenters. The molecule has 1 fully saturated rings. The Morgan fingerprint density at radius 2 is 1.50 bits per heavy atom. The van der Waals surface area contributed by atoms with Crippen molar-refractivity contribution >= 4 is 48.6 Å². The molecule has 0 bridgehead atoms. The average molecular weight is 243 g/mol. The van der Waals surface area contributed by atoms with Crippen molar-refractivity contribution in [3.63, 3.8) is 0 Å². The van der Waals surface area contributed by atoms with Crippen LogP contribution in [0.2, 0.25) is 0 Å². The maximum atomic E-state index is 12.0. The summed E-state index contributed by atoms with van der Waals surface area (Å²) >= 11 is 0. The van der Waals surface area contributed by atoms with E-state index >= 15 is 0 Å². The molecule has 14 heavy (non-hydrogen) atoms. The minimum atomic E-state index is -4.03. The van der Waals surface area contributed by atoms with Crippen LogP contribution in [0.5, 0.6) is 0 Å². The van der Waals surface area contributed by atoms with Gasteiger partial charge in [-0.05, 0) is 12.8 Å². The molecule has 1 heterocycles. The summed E-state index contributed by atoms with van der Waals surface area (Å²) in [5.74, 6) is 4.17. The molecular weight excluding hydrogens is 226 g/mol. The number of halogens is 4. The third kappa shape index (κ3) is 6.58. The maximum absolute atomic E-state index is 12.0. The van der Waals surface area contributed by atoms with Crippen molar-refractivity contribution in [1.29, 1.82) is 0 Å². The zero-order valence-electron chi connectivity index (χ0n) is 6.47. The van der Waals surface area contributed by atoms with E-state index in [0.717, 1.165) is 0 Å². The summed E-state index contributed by atoms with van der Waals surface area (Å²) in [6.45, 7) is 0.703. The summed E-state index contributed by atoms with van der Waals surface area (Å²) in [7, 11) is 0. The van der Waals surface area contributed by atoms with Gasteiger partial charge < -0.3 is 0 Å². The fourth-order valence-corrected chi connectivity index (χ4v) is 1.23. The fourth-order valence-electron chi connectivity index (χ4n) is 1.23. The molecule has 0 aromatic heterocycles. The summed E-state index contributed by atoms with van der Waals surface area (Å²) in [6.07, 6.45) is -3.75. The molecule has 2 N–H and O–H groups in total. The number of rotatable bonds is 0. The van der Waals surface area contributed by atoms with Crippen LogP contribution in [0.4, 0.5) is 13.2 Å². The van der Waals surface area contributed by atoms with Gasteiger partial charge >= 0.3 is 25.0 Å². The number of piperidine rings is 1. The molecule has 0 aromatic carbocycles. The Labute approximate surface area is 110 Å². The second kappa shape index (κ2) is 8.30. The third-order valence-corrected chi connectivity index (χ3v) is 1.99. The topological polar surface area (TPSA) is 29.3 Å². The van der Waals surface area contributed by atoms with Gasteiger partial charge in [0, 0.05) is 13.1 Å². The van der Waals surface area contributed by atoms with Crippen molar-refractivity contribution in [1.82, 2.24) is 5.01 Å². The van der Waals surface area contributed by atoms with Crippen LogP contribution in [0.15, 0.2) is 0 Å². The Morgan fingerprint density at radius 1 is 1.14 bits per heavy atom. The molecular formula is C6H16AlClF3LiN2. The minimum absolute atomic E-state index is 0. The molecule has 1 rings (SSSR count). The first-order chi connectivity index (χ1) is 5.00. The molecule has 0 unspecified atom stereocenters. The van der Waals surface area contributed by atoms with E-state index in [2.05, 4.69) is 0 Å². The van der Waals surface area contributed by atoms with E-state index in [9.17, 15) is 13.2 Å². The van der Waals surface area contributed by atoms with Gasteiger partial charge in [0.1, 0.15) is 0 Å². The first kappa shape index (κ1) is 20.5. The van der Waals surface area contributed by atoms with Crippen molar-refractivity contribution in [2.24, 2.45) is 11.8 Å². The number of hydrogen-bond donors (Lipinski definition) is 1. The van der Waals surface area contributed by atoms with Gasteiger partial charge in [-0.25, -0.2) is 5.01 Å². The Kier molecular flexibility index (Phi) is 12.2. The molecule has 1 saturated heterocycles. The van der Waals surface area contributed by atoms with E-state index in [1.807, 2.05) is 0 Å². The van der Waals surface area contributed by atoms with E-state index < -0.39 is 12.1 Å². The van der Waals surface area contributed by atoms with E-state index in [1.54, 1.807) is 0 Å². The van der Waals surface area contributed by atoms with Crippen LogP contribution in [0, 0.1) is 5.92 Å². The van der Waals surface area contributed by atoms with Crippen LogP contribution >= 0.6 is 12.4 Å². The van der Waals surface area contributed by atoms with Gasteiger partial charge in [-0.3, -0.25) is 5.84 Å². The molecule has 0 aromatic rings. The molecule has 0 radical (unpaired) electrons. The molecule has 0 saturated carbocycles. The monoisotopic (exact) mass is 242 g/mol. The zero-order chi connectivity index (χ0) is 8.48. The van der Waals surface area contributed by atoms with Gasteiger partial charge in [-0.15, -0.1) is 12.4 Å². The predicted octanol–water partition coefficient (Wildman–Crippen LogP) is -0.276. The first-order valence-electron chi connectivity index (χ1n) is 3.56. The van der Waals surface area contributed by atoms with Crippen molar-refractivity contribution in [2.75, 3.05) is 13.1 Å². The molecule has 1 aliphatic rings. The van der Waals surface area contributed by atoms with Crippen LogP contribution in [-0.4, -0.2) is 60.5 Å². The molecule has 0 aliphatic carbocycles. The van der Waals surface area contributed by atoms with Crippen molar-refractivity contribution in [3.8, 4) is 0 Å². The van der Waals surface area contributed by atoms with Crippen LogP contribution in [-0.2, 0) is 0 Å². The van der Waals surface area contributed by atoms with Gasteiger partial charge in [0.05, 0.1) is 5.92 Å². The van der Waals surface area contributed by atoms with Crippen LogP contribution in [0.25, 0.3) is 0 Å². The summed E-state index contributed by atoms with van der Waals surface area (Å²) < 4.78 is 36.0. The second-order valence-corrected chi connectivity index (χ2v) is 2.85. The van der Waals surface area contributed by atoms with E-state index in [-0.39, 0.29) is 61.5 Å². The second-order valence-electron chi connectivity index (χ2n) is 2.85. The summed E-state index contributed by atoms with van der Waals surface area (Å²) in [6, 6.07) is 0. The van der Waals surface area contributed by atoms with Crippen molar-refractivity contribution in [2.45, 2.75) is 19.0 Å². The van der Waals surface area contributed by atoms with Gasteiger partial charge in [-0.2, -0.15) is 13.2 Å². The Hall–Kier alpha value is 1.13.